The maximum atomic E-state index is 12.4. The molecule has 2 aromatic carbocycles. The van der Waals surface area contributed by atoms with Gasteiger partial charge in [0.05, 0.1) is 19.8 Å². The van der Waals surface area contributed by atoms with Crippen LogP contribution in [0.2, 0.25) is 0 Å². The number of nitrogens with zero attached hydrogens (tertiary/aromatic N) is 3. The van der Waals surface area contributed by atoms with Crippen molar-refractivity contribution in [1.82, 2.24) is 14.8 Å². The SMILES string of the molecule is COc1ccc([C@H](O)Cn2cnc(C(=O)Nc3cccc(C(C)C)c3)n2)cc1. The molecule has 146 valence electrons. The second-order valence-corrected chi connectivity index (χ2v) is 6.81. The molecule has 0 aliphatic carbocycles. The van der Waals surface area contributed by atoms with E-state index in [-0.39, 0.29) is 12.4 Å². The van der Waals surface area contributed by atoms with Crippen LogP contribution in [-0.4, -0.2) is 32.9 Å². The van der Waals surface area contributed by atoms with Gasteiger partial charge in [0, 0.05) is 5.69 Å². The molecule has 1 heterocycles. The van der Waals surface area contributed by atoms with Crippen LogP contribution in [0.15, 0.2) is 54.9 Å². The lowest BCUT2D eigenvalue weighted by Gasteiger charge is -2.11. The Balaban J connectivity index is 1.64. The Hall–Kier alpha value is -3.19. The molecule has 1 aromatic heterocycles. The number of ether oxygens (including phenoxy) is 1. The predicted octanol–water partition coefficient (Wildman–Crippen LogP) is 3.40. The van der Waals surface area contributed by atoms with E-state index in [1.165, 1.54) is 11.0 Å². The van der Waals surface area contributed by atoms with Gasteiger partial charge in [0.1, 0.15) is 12.1 Å². The number of anilines is 1. The summed E-state index contributed by atoms with van der Waals surface area (Å²) in [5.74, 6) is 0.751. The average Bonchev–Trinajstić information content (AvgIpc) is 3.17. The Bertz CT molecular complexity index is 935. The fraction of sp³-hybridized carbons (Fsp3) is 0.286. The molecule has 1 atom stereocenters. The molecule has 0 unspecified atom stereocenters. The number of nitrogens with one attached hydrogen (secondary N) is 1. The highest BCUT2D eigenvalue weighted by Crippen LogP contribution is 2.20. The molecule has 0 spiro atoms. The number of hydrogen-bond donors (Lipinski definition) is 2. The molecule has 1 amide bonds. The third-order valence-electron chi connectivity index (χ3n) is 4.41. The molecule has 2 N–H and O–H groups in total. The number of benzene rings is 2. The summed E-state index contributed by atoms with van der Waals surface area (Å²) in [6, 6.07) is 14.8. The van der Waals surface area contributed by atoms with Gasteiger partial charge in [-0.2, -0.15) is 0 Å². The van der Waals surface area contributed by atoms with Crippen molar-refractivity contribution in [3.8, 4) is 5.75 Å². The number of aliphatic hydroxyl groups is 1. The molecule has 3 rings (SSSR count). The number of aromatic nitrogens is 3. The number of amides is 1. The van der Waals surface area contributed by atoms with Crippen LogP contribution in [0.3, 0.4) is 0 Å². The minimum absolute atomic E-state index is 0.0527. The van der Waals surface area contributed by atoms with Gasteiger partial charge < -0.3 is 15.2 Å². The van der Waals surface area contributed by atoms with Crippen molar-refractivity contribution < 1.29 is 14.6 Å². The number of aliphatic hydroxyl groups excluding tert-OH is 1. The Labute approximate surface area is 164 Å². The molecule has 0 aliphatic heterocycles. The smallest absolute Gasteiger partial charge is 0.295 e. The zero-order chi connectivity index (χ0) is 20.1. The molecule has 0 radical (unpaired) electrons. The summed E-state index contributed by atoms with van der Waals surface area (Å²) in [6.07, 6.45) is 0.665. The lowest BCUT2D eigenvalue weighted by molar-refractivity contribution is 0.101. The van der Waals surface area contributed by atoms with E-state index >= 15 is 0 Å². The summed E-state index contributed by atoms with van der Waals surface area (Å²) < 4.78 is 6.57. The van der Waals surface area contributed by atoms with Crippen molar-refractivity contribution in [2.24, 2.45) is 0 Å². The summed E-state index contributed by atoms with van der Waals surface area (Å²) in [7, 11) is 1.59. The molecule has 28 heavy (non-hydrogen) atoms. The van der Waals surface area contributed by atoms with E-state index in [1.807, 2.05) is 24.3 Å². The average molecular weight is 380 g/mol. The molecule has 7 heteroatoms. The van der Waals surface area contributed by atoms with E-state index in [0.29, 0.717) is 11.6 Å². The third kappa shape index (κ3) is 4.75. The van der Waals surface area contributed by atoms with Crippen LogP contribution in [0.4, 0.5) is 5.69 Å². The largest absolute Gasteiger partial charge is 0.497 e. The van der Waals surface area contributed by atoms with Gasteiger partial charge in [-0.25, -0.2) is 9.67 Å². The van der Waals surface area contributed by atoms with Crippen LogP contribution in [0.25, 0.3) is 0 Å². The zero-order valence-corrected chi connectivity index (χ0v) is 16.2. The fourth-order valence-corrected chi connectivity index (χ4v) is 2.76. The van der Waals surface area contributed by atoms with Crippen LogP contribution in [0.5, 0.6) is 5.75 Å². The van der Waals surface area contributed by atoms with Crippen molar-refractivity contribution in [2.75, 3.05) is 12.4 Å². The minimum Gasteiger partial charge on any atom is -0.497 e. The van der Waals surface area contributed by atoms with Crippen molar-refractivity contribution in [3.05, 3.63) is 71.8 Å². The Morgan fingerprint density at radius 2 is 1.93 bits per heavy atom. The maximum absolute atomic E-state index is 12.4. The normalized spacial score (nSPS) is 12.0. The number of carbonyl (C=O) groups is 1. The number of rotatable bonds is 7. The second-order valence-electron chi connectivity index (χ2n) is 6.81. The standard InChI is InChI=1S/C21H24N4O3/c1-14(2)16-5-4-6-17(11-16)23-21(27)20-22-13-25(24-20)12-19(26)15-7-9-18(28-3)10-8-15/h4-11,13-14,19,26H,12H2,1-3H3,(H,23,27)/t19-/m1/s1. The summed E-state index contributed by atoms with van der Waals surface area (Å²) in [4.78, 5) is 16.5. The monoisotopic (exact) mass is 380 g/mol. The molecular weight excluding hydrogens is 356 g/mol. The van der Waals surface area contributed by atoms with E-state index < -0.39 is 12.0 Å². The Morgan fingerprint density at radius 3 is 2.61 bits per heavy atom. The first kappa shape index (κ1) is 19.6. The molecular formula is C21H24N4O3. The lowest BCUT2D eigenvalue weighted by atomic mass is 10.0. The van der Waals surface area contributed by atoms with Crippen LogP contribution in [0, 0.1) is 0 Å². The topological polar surface area (TPSA) is 89.3 Å². The first-order chi connectivity index (χ1) is 13.5. The van der Waals surface area contributed by atoms with Crippen LogP contribution in [-0.2, 0) is 6.54 Å². The van der Waals surface area contributed by atoms with Crippen molar-refractivity contribution in [1.29, 1.82) is 0 Å². The van der Waals surface area contributed by atoms with E-state index in [2.05, 4.69) is 29.2 Å². The molecule has 3 aromatic rings. The fourth-order valence-electron chi connectivity index (χ4n) is 2.76. The maximum Gasteiger partial charge on any atom is 0.295 e. The highest BCUT2D eigenvalue weighted by molar-refractivity contribution is 6.01. The van der Waals surface area contributed by atoms with Gasteiger partial charge in [-0.05, 0) is 41.3 Å². The highest BCUT2D eigenvalue weighted by atomic mass is 16.5. The molecule has 7 nitrogen and oxygen atoms in total. The molecule has 0 saturated carbocycles. The second kappa shape index (κ2) is 8.67. The van der Waals surface area contributed by atoms with Gasteiger partial charge in [0.2, 0.25) is 5.82 Å². The van der Waals surface area contributed by atoms with Crippen molar-refractivity contribution in [3.63, 3.8) is 0 Å². The third-order valence-corrected chi connectivity index (χ3v) is 4.41. The first-order valence-electron chi connectivity index (χ1n) is 9.09. The first-order valence-corrected chi connectivity index (χ1v) is 9.09. The quantitative estimate of drug-likeness (QED) is 0.656. The highest BCUT2D eigenvalue weighted by Gasteiger charge is 2.15. The van der Waals surface area contributed by atoms with E-state index in [1.54, 1.807) is 31.4 Å². The van der Waals surface area contributed by atoms with Crippen LogP contribution >= 0.6 is 0 Å². The van der Waals surface area contributed by atoms with Crippen LogP contribution in [0.1, 0.15) is 47.6 Å². The molecule has 0 aliphatic rings. The van der Waals surface area contributed by atoms with Gasteiger partial charge in [-0.15, -0.1) is 5.10 Å². The number of methoxy groups -OCH3 is 1. The van der Waals surface area contributed by atoms with E-state index in [0.717, 1.165) is 16.9 Å². The summed E-state index contributed by atoms with van der Waals surface area (Å²) in [5, 5.41) is 17.4. The lowest BCUT2D eigenvalue weighted by Crippen LogP contribution is -2.15. The van der Waals surface area contributed by atoms with E-state index in [4.69, 9.17) is 4.74 Å². The van der Waals surface area contributed by atoms with Gasteiger partial charge in [-0.3, -0.25) is 4.79 Å². The zero-order valence-electron chi connectivity index (χ0n) is 16.2. The Kier molecular flexibility index (Phi) is 6.06. The molecule has 0 saturated heterocycles. The van der Waals surface area contributed by atoms with Crippen molar-refractivity contribution in [2.45, 2.75) is 32.4 Å². The summed E-state index contributed by atoms with van der Waals surface area (Å²) >= 11 is 0. The number of carbonyl (C=O) groups excluding carboxylic acids is 1. The summed E-state index contributed by atoms with van der Waals surface area (Å²) in [5.41, 5.74) is 2.57. The van der Waals surface area contributed by atoms with Gasteiger partial charge in [0.15, 0.2) is 0 Å². The van der Waals surface area contributed by atoms with Crippen molar-refractivity contribution >= 4 is 11.6 Å². The number of hydrogen-bond acceptors (Lipinski definition) is 5. The van der Waals surface area contributed by atoms with Crippen LogP contribution < -0.4 is 10.1 Å². The van der Waals surface area contributed by atoms with Gasteiger partial charge in [0.25, 0.3) is 5.91 Å². The summed E-state index contributed by atoms with van der Waals surface area (Å²) in [6.45, 7) is 4.38. The Morgan fingerprint density at radius 1 is 1.18 bits per heavy atom. The minimum atomic E-state index is -0.772. The van der Waals surface area contributed by atoms with Gasteiger partial charge in [-0.1, -0.05) is 38.1 Å². The van der Waals surface area contributed by atoms with E-state index in [9.17, 15) is 9.90 Å². The predicted molar refractivity (Wildman–Crippen MR) is 106 cm³/mol. The van der Waals surface area contributed by atoms with Gasteiger partial charge >= 0.3 is 0 Å². The molecule has 0 bridgehead atoms. The molecule has 0 fully saturated rings.